The van der Waals surface area contributed by atoms with E-state index in [9.17, 15) is 18.0 Å². The standard InChI is InChI=1S/C10H17F3N2O/c1-2-3-8(14)9(16)15(7-4-5-7)6-10(11,12)13/h7-8H,2-6,14H2,1H3/t8-/m1/s1. The van der Waals surface area contributed by atoms with Crippen LogP contribution < -0.4 is 5.73 Å². The maximum atomic E-state index is 12.3. The lowest BCUT2D eigenvalue weighted by Crippen LogP contribution is -2.48. The van der Waals surface area contributed by atoms with E-state index in [0.717, 1.165) is 4.90 Å². The summed E-state index contributed by atoms with van der Waals surface area (Å²) < 4.78 is 36.8. The lowest BCUT2D eigenvalue weighted by atomic mass is 10.1. The number of rotatable bonds is 5. The number of halogens is 3. The predicted octanol–water partition coefficient (Wildman–Crippen LogP) is 1.67. The van der Waals surface area contributed by atoms with Crippen molar-refractivity contribution in [2.45, 2.75) is 50.9 Å². The molecule has 1 fully saturated rings. The highest BCUT2D eigenvalue weighted by Gasteiger charge is 2.41. The van der Waals surface area contributed by atoms with Crippen molar-refractivity contribution in [2.24, 2.45) is 5.73 Å². The van der Waals surface area contributed by atoms with Crippen LogP contribution in [0.15, 0.2) is 0 Å². The van der Waals surface area contributed by atoms with Gasteiger partial charge in [-0.2, -0.15) is 13.2 Å². The first-order valence-corrected chi connectivity index (χ1v) is 5.48. The van der Waals surface area contributed by atoms with Crippen LogP contribution in [0.25, 0.3) is 0 Å². The van der Waals surface area contributed by atoms with E-state index in [0.29, 0.717) is 25.7 Å². The number of hydrogen-bond acceptors (Lipinski definition) is 2. The first kappa shape index (κ1) is 13.3. The highest BCUT2D eigenvalue weighted by molar-refractivity contribution is 5.82. The highest BCUT2D eigenvalue weighted by atomic mass is 19.4. The fourth-order valence-electron chi connectivity index (χ4n) is 1.61. The maximum absolute atomic E-state index is 12.3. The number of carbonyl (C=O) groups excluding carboxylic acids is 1. The molecule has 0 aliphatic heterocycles. The number of nitrogens with two attached hydrogens (primary N) is 1. The fraction of sp³-hybridized carbons (Fsp3) is 0.900. The van der Waals surface area contributed by atoms with Crippen LogP contribution in [0.3, 0.4) is 0 Å². The Labute approximate surface area is 92.8 Å². The van der Waals surface area contributed by atoms with Gasteiger partial charge in [0.25, 0.3) is 0 Å². The average Bonchev–Trinajstić information content (AvgIpc) is 2.95. The molecule has 1 amide bonds. The second kappa shape index (κ2) is 5.03. The van der Waals surface area contributed by atoms with Crippen LogP contribution in [0.2, 0.25) is 0 Å². The van der Waals surface area contributed by atoms with Gasteiger partial charge in [-0.05, 0) is 19.3 Å². The maximum Gasteiger partial charge on any atom is 0.406 e. The van der Waals surface area contributed by atoms with E-state index < -0.39 is 24.7 Å². The summed E-state index contributed by atoms with van der Waals surface area (Å²) in [6, 6.07) is -1.05. The molecule has 16 heavy (non-hydrogen) atoms. The Morgan fingerprint density at radius 3 is 2.44 bits per heavy atom. The first-order valence-electron chi connectivity index (χ1n) is 5.48. The molecule has 1 atom stereocenters. The smallest absolute Gasteiger partial charge is 0.329 e. The molecule has 0 aromatic carbocycles. The zero-order valence-corrected chi connectivity index (χ0v) is 9.26. The molecule has 0 radical (unpaired) electrons. The Morgan fingerprint density at radius 1 is 1.50 bits per heavy atom. The quantitative estimate of drug-likeness (QED) is 0.791. The fourth-order valence-corrected chi connectivity index (χ4v) is 1.61. The molecule has 0 bridgehead atoms. The third kappa shape index (κ3) is 4.00. The second-order valence-corrected chi connectivity index (χ2v) is 4.21. The topological polar surface area (TPSA) is 46.3 Å². The van der Waals surface area contributed by atoms with E-state index in [-0.39, 0.29) is 6.04 Å². The number of hydrogen-bond donors (Lipinski definition) is 1. The highest BCUT2D eigenvalue weighted by Crippen LogP contribution is 2.30. The van der Waals surface area contributed by atoms with Crippen LogP contribution >= 0.6 is 0 Å². The molecular weight excluding hydrogens is 221 g/mol. The summed E-state index contributed by atoms with van der Waals surface area (Å²) in [5.74, 6) is -0.568. The number of alkyl halides is 3. The van der Waals surface area contributed by atoms with Gasteiger partial charge in [-0.15, -0.1) is 0 Å². The molecule has 94 valence electrons. The summed E-state index contributed by atoms with van der Waals surface area (Å²) >= 11 is 0. The summed E-state index contributed by atoms with van der Waals surface area (Å²) in [5, 5.41) is 0. The number of amides is 1. The van der Waals surface area contributed by atoms with Crippen LogP contribution in [0.1, 0.15) is 32.6 Å². The SMILES string of the molecule is CCC[C@@H](N)C(=O)N(CC(F)(F)F)C1CC1. The van der Waals surface area contributed by atoms with E-state index in [2.05, 4.69) is 0 Å². The Balaban J connectivity index is 2.59. The Morgan fingerprint density at radius 2 is 2.06 bits per heavy atom. The van der Waals surface area contributed by atoms with Gasteiger partial charge in [-0.3, -0.25) is 4.79 Å². The van der Waals surface area contributed by atoms with Crippen molar-refractivity contribution < 1.29 is 18.0 Å². The van der Waals surface area contributed by atoms with Crippen LogP contribution in [-0.2, 0) is 4.79 Å². The van der Waals surface area contributed by atoms with Crippen LogP contribution in [0, 0.1) is 0 Å². The van der Waals surface area contributed by atoms with Crippen molar-refractivity contribution in [3.63, 3.8) is 0 Å². The summed E-state index contributed by atoms with van der Waals surface area (Å²) in [6.45, 7) is 0.673. The van der Waals surface area contributed by atoms with Crippen molar-refractivity contribution in [1.82, 2.24) is 4.90 Å². The van der Waals surface area contributed by atoms with Gasteiger partial charge in [-0.1, -0.05) is 13.3 Å². The minimum atomic E-state index is -4.34. The van der Waals surface area contributed by atoms with Gasteiger partial charge in [0.2, 0.25) is 5.91 Å². The second-order valence-electron chi connectivity index (χ2n) is 4.21. The van der Waals surface area contributed by atoms with E-state index in [1.807, 2.05) is 6.92 Å². The molecule has 1 rings (SSSR count). The molecule has 0 unspecified atom stereocenters. The van der Waals surface area contributed by atoms with Gasteiger partial charge in [0.05, 0.1) is 6.04 Å². The normalized spacial score (nSPS) is 18.3. The van der Waals surface area contributed by atoms with E-state index in [1.54, 1.807) is 0 Å². The third-order valence-corrected chi connectivity index (χ3v) is 2.54. The van der Waals surface area contributed by atoms with Crippen molar-refractivity contribution >= 4 is 5.91 Å². The van der Waals surface area contributed by atoms with Gasteiger partial charge >= 0.3 is 6.18 Å². The van der Waals surface area contributed by atoms with Gasteiger partial charge in [0.15, 0.2) is 0 Å². The van der Waals surface area contributed by atoms with Crippen LogP contribution in [-0.4, -0.2) is 35.6 Å². The zero-order valence-electron chi connectivity index (χ0n) is 9.26. The molecule has 0 heterocycles. The third-order valence-electron chi connectivity index (χ3n) is 2.54. The van der Waals surface area contributed by atoms with E-state index in [4.69, 9.17) is 5.73 Å². The Bertz CT molecular complexity index is 251. The number of carbonyl (C=O) groups is 1. The van der Waals surface area contributed by atoms with E-state index >= 15 is 0 Å². The van der Waals surface area contributed by atoms with Gasteiger partial charge in [0.1, 0.15) is 6.54 Å². The lowest BCUT2D eigenvalue weighted by Gasteiger charge is -2.26. The minimum absolute atomic E-state index is 0.253. The Hall–Kier alpha value is -0.780. The predicted molar refractivity (Wildman–Crippen MR) is 53.7 cm³/mol. The molecule has 0 saturated heterocycles. The molecule has 2 N–H and O–H groups in total. The van der Waals surface area contributed by atoms with Gasteiger partial charge < -0.3 is 10.6 Å². The molecule has 0 aromatic heterocycles. The van der Waals surface area contributed by atoms with Gasteiger partial charge in [-0.25, -0.2) is 0 Å². The molecule has 1 saturated carbocycles. The molecular formula is C10H17F3N2O. The molecule has 3 nitrogen and oxygen atoms in total. The summed E-state index contributed by atoms with van der Waals surface area (Å²) in [7, 11) is 0. The van der Waals surface area contributed by atoms with Crippen molar-refractivity contribution in [1.29, 1.82) is 0 Å². The first-order chi connectivity index (χ1) is 7.35. The van der Waals surface area contributed by atoms with E-state index in [1.165, 1.54) is 0 Å². The minimum Gasteiger partial charge on any atom is -0.329 e. The Kier molecular flexibility index (Phi) is 4.18. The summed E-state index contributed by atoms with van der Waals surface area (Å²) in [4.78, 5) is 12.6. The average molecular weight is 238 g/mol. The van der Waals surface area contributed by atoms with Crippen LogP contribution in [0.4, 0.5) is 13.2 Å². The largest absolute Gasteiger partial charge is 0.406 e. The summed E-state index contributed by atoms with van der Waals surface area (Å²) in [6.07, 6.45) is -1.91. The summed E-state index contributed by atoms with van der Waals surface area (Å²) in [5.41, 5.74) is 5.55. The van der Waals surface area contributed by atoms with Gasteiger partial charge in [0, 0.05) is 6.04 Å². The zero-order chi connectivity index (χ0) is 12.3. The van der Waals surface area contributed by atoms with Crippen LogP contribution in [0.5, 0.6) is 0 Å². The van der Waals surface area contributed by atoms with Crippen molar-refractivity contribution in [2.75, 3.05) is 6.54 Å². The monoisotopic (exact) mass is 238 g/mol. The lowest BCUT2D eigenvalue weighted by molar-refractivity contribution is -0.163. The van der Waals surface area contributed by atoms with Crippen molar-refractivity contribution in [3.05, 3.63) is 0 Å². The molecule has 6 heteroatoms. The molecule has 0 aromatic rings. The van der Waals surface area contributed by atoms with Crippen molar-refractivity contribution in [3.8, 4) is 0 Å². The molecule has 0 spiro atoms. The number of nitrogens with zero attached hydrogens (tertiary/aromatic N) is 1. The molecule has 1 aliphatic rings. The molecule has 1 aliphatic carbocycles.